The van der Waals surface area contributed by atoms with Gasteiger partial charge in [0.1, 0.15) is 5.75 Å². The molecular formula is C25H20N2O4S2. The number of benzene rings is 4. The van der Waals surface area contributed by atoms with Crippen molar-refractivity contribution in [2.45, 2.75) is 27.5 Å². The van der Waals surface area contributed by atoms with E-state index in [2.05, 4.69) is 10.0 Å². The molecule has 33 heavy (non-hydrogen) atoms. The average Bonchev–Trinajstić information content (AvgIpc) is 2.82. The van der Waals surface area contributed by atoms with Crippen LogP contribution >= 0.6 is 11.8 Å². The van der Waals surface area contributed by atoms with Crippen LogP contribution in [0.2, 0.25) is 0 Å². The number of carbonyl (C=O) groups excluding carboxylic acids is 1. The Balaban J connectivity index is 1.55. The van der Waals surface area contributed by atoms with Gasteiger partial charge in [-0.2, -0.15) is 0 Å². The zero-order valence-corrected chi connectivity index (χ0v) is 19.0. The van der Waals surface area contributed by atoms with Crippen LogP contribution in [-0.2, 0) is 21.2 Å². The largest absolute Gasteiger partial charge is 0.506 e. The smallest absolute Gasteiger partial charge is 0.261 e. The first-order chi connectivity index (χ1) is 15.9. The minimum atomic E-state index is -3.91. The number of sulfonamides is 1. The Labute approximate surface area is 195 Å². The van der Waals surface area contributed by atoms with Crippen molar-refractivity contribution in [2.24, 2.45) is 0 Å². The van der Waals surface area contributed by atoms with Crippen molar-refractivity contribution >= 4 is 49.8 Å². The van der Waals surface area contributed by atoms with Crippen LogP contribution in [0.3, 0.4) is 0 Å². The van der Waals surface area contributed by atoms with Crippen molar-refractivity contribution < 1.29 is 18.3 Å². The van der Waals surface area contributed by atoms with Crippen LogP contribution in [0.5, 0.6) is 5.75 Å². The summed E-state index contributed by atoms with van der Waals surface area (Å²) in [5.41, 5.74) is 1.81. The van der Waals surface area contributed by atoms with E-state index < -0.39 is 10.0 Å². The summed E-state index contributed by atoms with van der Waals surface area (Å²) in [5.74, 6) is 0.0298. The van der Waals surface area contributed by atoms with Gasteiger partial charge in [-0.15, -0.1) is 0 Å². The molecule has 5 rings (SSSR count). The van der Waals surface area contributed by atoms with Gasteiger partial charge < -0.3 is 10.4 Å². The summed E-state index contributed by atoms with van der Waals surface area (Å²) in [6.07, 6.45) is 0.817. The summed E-state index contributed by atoms with van der Waals surface area (Å²) in [6.45, 7) is 0. The van der Waals surface area contributed by atoms with Gasteiger partial charge in [0, 0.05) is 27.8 Å². The van der Waals surface area contributed by atoms with E-state index in [4.69, 9.17) is 0 Å². The summed E-state index contributed by atoms with van der Waals surface area (Å²) < 4.78 is 29.3. The van der Waals surface area contributed by atoms with E-state index in [0.29, 0.717) is 39.9 Å². The number of rotatable bonds is 5. The van der Waals surface area contributed by atoms with Gasteiger partial charge in [0.2, 0.25) is 5.91 Å². The number of phenols is 1. The fourth-order valence-corrected chi connectivity index (χ4v) is 5.89. The third kappa shape index (κ3) is 4.27. The predicted octanol–water partition coefficient (Wildman–Crippen LogP) is 5.38. The van der Waals surface area contributed by atoms with E-state index in [1.54, 1.807) is 42.5 Å². The number of anilines is 2. The molecule has 0 saturated heterocycles. The Kier molecular flexibility index (Phi) is 5.47. The van der Waals surface area contributed by atoms with E-state index in [0.717, 1.165) is 10.5 Å². The van der Waals surface area contributed by atoms with Crippen LogP contribution in [0.1, 0.15) is 12.0 Å². The number of hydrogen-bond donors (Lipinski definition) is 3. The summed E-state index contributed by atoms with van der Waals surface area (Å²) in [4.78, 5) is 13.2. The number of carbonyl (C=O) groups is 1. The minimum absolute atomic E-state index is 0.0739. The van der Waals surface area contributed by atoms with Crippen LogP contribution in [0.15, 0.2) is 93.5 Å². The fourth-order valence-electron chi connectivity index (χ4n) is 3.84. The normalized spacial score (nSPS) is 13.4. The van der Waals surface area contributed by atoms with Gasteiger partial charge in [0.25, 0.3) is 10.0 Å². The highest BCUT2D eigenvalue weighted by atomic mass is 32.2. The van der Waals surface area contributed by atoms with Crippen molar-refractivity contribution in [2.75, 3.05) is 10.0 Å². The number of aromatic hydroxyl groups is 1. The molecule has 6 nitrogen and oxygen atoms in total. The molecule has 1 aliphatic rings. The highest BCUT2D eigenvalue weighted by Crippen LogP contribution is 2.43. The van der Waals surface area contributed by atoms with Crippen LogP contribution < -0.4 is 10.0 Å². The molecule has 0 aromatic heterocycles. The molecule has 0 bridgehead atoms. The molecule has 0 unspecified atom stereocenters. The highest BCUT2D eigenvalue weighted by Gasteiger charge is 2.22. The second-order valence-electron chi connectivity index (χ2n) is 7.70. The Morgan fingerprint density at radius 3 is 2.39 bits per heavy atom. The molecule has 1 heterocycles. The summed E-state index contributed by atoms with van der Waals surface area (Å²) >= 11 is 1.36. The first-order valence-corrected chi connectivity index (χ1v) is 12.6. The molecule has 0 fully saturated rings. The first kappa shape index (κ1) is 21.4. The maximum Gasteiger partial charge on any atom is 0.261 e. The third-order valence-corrected chi connectivity index (χ3v) is 7.88. The summed E-state index contributed by atoms with van der Waals surface area (Å²) in [7, 11) is -3.91. The maximum absolute atomic E-state index is 13.3. The lowest BCUT2D eigenvalue weighted by atomic mass is 10.0. The second kappa shape index (κ2) is 8.46. The van der Waals surface area contributed by atoms with Gasteiger partial charge >= 0.3 is 0 Å². The highest BCUT2D eigenvalue weighted by molar-refractivity contribution is 7.99. The molecule has 166 valence electrons. The quantitative estimate of drug-likeness (QED) is 0.336. The van der Waals surface area contributed by atoms with E-state index in [9.17, 15) is 18.3 Å². The first-order valence-electron chi connectivity index (χ1n) is 10.3. The van der Waals surface area contributed by atoms with Crippen LogP contribution in [-0.4, -0.2) is 19.4 Å². The van der Waals surface area contributed by atoms with Crippen LogP contribution in [0.25, 0.3) is 10.8 Å². The molecule has 0 saturated carbocycles. The third-order valence-electron chi connectivity index (χ3n) is 5.48. The van der Waals surface area contributed by atoms with Gasteiger partial charge in [0.15, 0.2) is 0 Å². The lowest BCUT2D eigenvalue weighted by molar-refractivity contribution is -0.116. The number of amides is 1. The Morgan fingerprint density at radius 2 is 1.61 bits per heavy atom. The van der Waals surface area contributed by atoms with Crippen molar-refractivity contribution in [3.63, 3.8) is 0 Å². The van der Waals surface area contributed by atoms with Crippen LogP contribution in [0, 0.1) is 0 Å². The number of phenolic OH excluding ortho intramolecular Hbond substituents is 1. The average molecular weight is 477 g/mol. The summed E-state index contributed by atoms with van der Waals surface area (Å²) in [6, 6.07) is 23.1. The lowest BCUT2D eigenvalue weighted by Gasteiger charge is -2.18. The van der Waals surface area contributed by atoms with Gasteiger partial charge in [-0.3, -0.25) is 9.52 Å². The van der Waals surface area contributed by atoms with E-state index in [1.807, 2.05) is 30.3 Å². The predicted molar refractivity (Wildman–Crippen MR) is 130 cm³/mol. The summed E-state index contributed by atoms with van der Waals surface area (Å²) in [5, 5.41) is 14.8. The number of nitrogens with one attached hydrogen (secondary N) is 2. The zero-order chi connectivity index (χ0) is 23.0. The van der Waals surface area contributed by atoms with Gasteiger partial charge in [-0.25, -0.2) is 8.42 Å². The van der Waals surface area contributed by atoms with Crippen molar-refractivity contribution in [3.05, 3.63) is 84.4 Å². The lowest BCUT2D eigenvalue weighted by Crippen LogP contribution is -2.20. The molecule has 0 atom stereocenters. The van der Waals surface area contributed by atoms with Crippen molar-refractivity contribution in [3.8, 4) is 5.75 Å². The Hall–Kier alpha value is -3.49. The molecule has 0 aliphatic carbocycles. The van der Waals surface area contributed by atoms with E-state index >= 15 is 0 Å². The van der Waals surface area contributed by atoms with Gasteiger partial charge in [-0.05, 0) is 48.4 Å². The fraction of sp³-hybridized carbons (Fsp3) is 0.0800. The molecule has 3 N–H and O–H groups in total. The van der Waals surface area contributed by atoms with Gasteiger partial charge in [-0.1, -0.05) is 54.2 Å². The SMILES string of the molecule is O=C1CCc2cc(S(=O)(=O)Nc3cc(Sc4ccccc4)c(O)c4ccccc34)ccc2N1. The Bertz CT molecular complexity index is 1490. The topological polar surface area (TPSA) is 95.5 Å². The Morgan fingerprint density at radius 1 is 0.879 bits per heavy atom. The van der Waals surface area contributed by atoms with Crippen LogP contribution in [0.4, 0.5) is 11.4 Å². The molecular weight excluding hydrogens is 456 g/mol. The zero-order valence-electron chi connectivity index (χ0n) is 17.4. The van der Waals surface area contributed by atoms with Crippen molar-refractivity contribution in [1.29, 1.82) is 0 Å². The molecule has 1 aliphatic heterocycles. The standard InChI is InChI=1S/C25H20N2O4S2/c28-24-13-10-16-14-18(11-12-21(16)26-24)33(30,31)27-22-15-23(32-17-6-2-1-3-7-17)25(29)20-9-5-4-8-19(20)22/h1-9,11-12,14-15,27,29H,10,13H2,(H,26,28). The number of hydrogen-bond acceptors (Lipinski definition) is 5. The molecule has 8 heteroatoms. The van der Waals surface area contributed by atoms with E-state index in [-0.39, 0.29) is 16.6 Å². The second-order valence-corrected chi connectivity index (χ2v) is 10.5. The molecule has 0 radical (unpaired) electrons. The number of aryl methyl sites for hydroxylation is 1. The minimum Gasteiger partial charge on any atom is -0.506 e. The maximum atomic E-state index is 13.3. The molecule has 4 aromatic rings. The molecule has 1 amide bonds. The van der Waals surface area contributed by atoms with Gasteiger partial charge in [0.05, 0.1) is 15.5 Å². The van der Waals surface area contributed by atoms with E-state index in [1.165, 1.54) is 17.8 Å². The molecule has 0 spiro atoms. The van der Waals surface area contributed by atoms with Crippen molar-refractivity contribution in [1.82, 2.24) is 0 Å². The monoisotopic (exact) mass is 476 g/mol. The number of fused-ring (bicyclic) bond motifs is 2. The molecule has 4 aromatic carbocycles.